The molecule has 0 aromatic heterocycles. The lowest BCUT2D eigenvalue weighted by molar-refractivity contribution is -0.0553. The molecule has 0 unspecified atom stereocenters. The van der Waals surface area contributed by atoms with Gasteiger partial charge in [0.05, 0.1) is 12.9 Å². The van der Waals surface area contributed by atoms with Crippen LogP contribution in [0.25, 0.3) is 5.57 Å². The number of sulfonamides is 1. The summed E-state index contributed by atoms with van der Waals surface area (Å²) < 4.78 is 26.0. The van der Waals surface area contributed by atoms with Gasteiger partial charge in [0.2, 0.25) is 10.0 Å². The molecular weight excluding hydrogens is 360 g/mol. The van der Waals surface area contributed by atoms with Crippen molar-refractivity contribution in [3.63, 3.8) is 0 Å². The summed E-state index contributed by atoms with van der Waals surface area (Å²) in [4.78, 5) is 2.31. The van der Waals surface area contributed by atoms with Crippen LogP contribution in [0.5, 0.6) is 0 Å². The molecule has 0 radical (unpaired) electrons. The highest BCUT2D eigenvalue weighted by molar-refractivity contribution is 7.88. The summed E-state index contributed by atoms with van der Waals surface area (Å²) in [6.07, 6.45) is 9.05. The monoisotopic (exact) mass is 390 g/mol. The van der Waals surface area contributed by atoms with Crippen molar-refractivity contribution in [3.8, 4) is 0 Å². The Morgan fingerprint density at radius 1 is 1.11 bits per heavy atom. The zero-order chi connectivity index (χ0) is 19.0. The maximum absolute atomic E-state index is 12.2. The van der Waals surface area contributed by atoms with Crippen molar-refractivity contribution in [1.82, 2.24) is 9.21 Å². The maximum Gasteiger partial charge on any atom is 0.211 e. The molecule has 3 atom stereocenters. The summed E-state index contributed by atoms with van der Waals surface area (Å²) in [6.45, 7) is 2.18. The van der Waals surface area contributed by atoms with Gasteiger partial charge in [0.25, 0.3) is 0 Å². The highest BCUT2D eigenvalue weighted by atomic mass is 32.2. The van der Waals surface area contributed by atoms with Crippen LogP contribution >= 0.6 is 0 Å². The number of aliphatic hydroxyl groups is 1. The van der Waals surface area contributed by atoms with Gasteiger partial charge in [-0.15, -0.1) is 0 Å². The Hall–Kier alpha value is -1.21. The second kappa shape index (κ2) is 7.66. The lowest BCUT2D eigenvalue weighted by Gasteiger charge is -2.57. The predicted molar refractivity (Wildman–Crippen MR) is 108 cm³/mol. The number of hydrogen-bond acceptors (Lipinski definition) is 4. The van der Waals surface area contributed by atoms with E-state index in [9.17, 15) is 13.5 Å². The van der Waals surface area contributed by atoms with Gasteiger partial charge < -0.3 is 5.11 Å². The van der Waals surface area contributed by atoms with Gasteiger partial charge in [0, 0.05) is 31.1 Å². The first-order valence-electron chi connectivity index (χ1n) is 10.1. The summed E-state index contributed by atoms with van der Waals surface area (Å²) in [5.74, 6) is 0.184. The van der Waals surface area contributed by atoms with E-state index in [1.54, 1.807) is 4.31 Å². The number of fused-ring (bicyclic) bond motifs is 1. The molecule has 4 rings (SSSR count). The third-order valence-corrected chi connectivity index (χ3v) is 7.78. The quantitative estimate of drug-likeness (QED) is 0.858. The molecule has 0 spiro atoms. The van der Waals surface area contributed by atoms with Crippen LogP contribution in [-0.2, 0) is 10.0 Å². The zero-order valence-corrected chi connectivity index (χ0v) is 16.9. The molecule has 2 saturated heterocycles. The number of nitrogens with zero attached hydrogens (tertiary/aromatic N) is 2. The molecular formula is C21H30N2O3S. The molecule has 1 N–H and O–H groups in total. The standard InChI is InChI=1S/C21H30N2O3S/c1-27(25,26)22-12-4-5-13-23-19(14-22)21(20(23)15-24)18-10-8-17(9-11-18)16-6-2-3-7-16/h6,8-11,19-21,24H,2-5,7,12-15H2,1H3/t19-,20-,21+/m0/s1. The van der Waals surface area contributed by atoms with E-state index in [1.807, 2.05) is 0 Å². The molecule has 2 aliphatic heterocycles. The van der Waals surface area contributed by atoms with E-state index < -0.39 is 10.0 Å². The third kappa shape index (κ3) is 3.73. The van der Waals surface area contributed by atoms with Crippen LogP contribution in [0.4, 0.5) is 0 Å². The first kappa shape index (κ1) is 19.1. The summed E-state index contributed by atoms with van der Waals surface area (Å²) >= 11 is 0. The van der Waals surface area contributed by atoms with Gasteiger partial charge in [-0.25, -0.2) is 12.7 Å². The minimum atomic E-state index is -3.20. The summed E-state index contributed by atoms with van der Waals surface area (Å²) in [5.41, 5.74) is 3.94. The van der Waals surface area contributed by atoms with Crippen LogP contribution in [-0.4, -0.2) is 67.3 Å². The minimum absolute atomic E-state index is 0.0889. The van der Waals surface area contributed by atoms with E-state index in [-0.39, 0.29) is 24.6 Å². The lowest BCUT2D eigenvalue weighted by Crippen LogP contribution is -2.67. The second-order valence-corrected chi connectivity index (χ2v) is 10.1. The Morgan fingerprint density at radius 3 is 2.48 bits per heavy atom. The molecule has 0 saturated carbocycles. The normalized spacial score (nSPS) is 30.1. The van der Waals surface area contributed by atoms with Crippen molar-refractivity contribution in [2.45, 2.75) is 50.1 Å². The number of benzene rings is 1. The van der Waals surface area contributed by atoms with Gasteiger partial charge in [-0.05, 0) is 55.3 Å². The molecule has 0 bridgehead atoms. The largest absolute Gasteiger partial charge is 0.395 e. The minimum Gasteiger partial charge on any atom is -0.395 e. The van der Waals surface area contributed by atoms with E-state index in [0.717, 1.165) is 25.8 Å². The van der Waals surface area contributed by atoms with Crippen molar-refractivity contribution in [2.24, 2.45) is 0 Å². The van der Waals surface area contributed by atoms with Crippen LogP contribution < -0.4 is 0 Å². The fraction of sp³-hybridized carbons (Fsp3) is 0.619. The molecule has 1 aliphatic carbocycles. The molecule has 6 heteroatoms. The molecule has 5 nitrogen and oxygen atoms in total. The van der Waals surface area contributed by atoms with E-state index in [4.69, 9.17) is 0 Å². The lowest BCUT2D eigenvalue weighted by atomic mass is 9.74. The number of hydrogen-bond donors (Lipinski definition) is 1. The molecule has 2 fully saturated rings. The molecule has 1 aromatic rings. The number of allylic oxidation sites excluding steroid dienone is 2. The molecule has 3 aliphatic rings. The van der Waals surface area contributed by atoms with Crippen molar-refractivity contribution in [2.75, 3.05) is 32.5 Å². The van der Waals surface area contributed by atoms with E-state index in [2.05, 4.69) is 35.2 Å². The Labute approximate surface area is 162 Å². The Morgan fingerprint density at radius 2 is 1.85 bits per heavy atom. The van der Waals surface area contributed by atoms with Gasteiger partial charge in [-0.2, -0.15) is 0 Å². The van der Waals surface area contributed by atoms with Gasteiger partial charge in [-0.1, -0.05) is 30.3 Å². The molecule has 0 amide bonds. The van der Waals surface area contributed by atoms with Crippen LogP contribution in [0.15, 0.2) is 30.3 Å². The fourth-order valence-corrected chi connectivity index (χ4v) is 5.95. The summed E-state index contributed by atoms with van der Waals surface area (Å²) in [6, 6.07) is 8.99. The van der Waals surface area contributed by atoms with Crippen molar-refractivity contribution >= 4 is 15.6 Å². The van der Waals surface area contributed by atoms with Crippen LogP contribution in [0.2, 0.25) is 0 Å². The molecule has 148 valence electrons. The summed E-state index contributed by atoms with van der Waals surface area (Å²) in [5, 5.41) is 9.99. The van der Waals surface area contributed by atoms with Crippen LogP contribution in [0.1, 0.15) is 49.1 Å². The van der Waals surface area contributed by atoms with Crippen LogP contribution in [0.3, 0.4) is 0 Å². The van der Waals surface area contributed by atoms with E-state index in [1.165, 1.54) is 35.8 Å². The third-order valence-electron chi connectivity index (χ3n) is 6.51. The van der Waals surface area contributed by atoms with Crippen molar-refractivity contribution in [1.29, 1.82) is 0 Å². The van der Waals surface area contributed by atoms with Crippen LogP contribution in [0, 0.1) is 0 Å². The SMILES string of the molecule is CS(=O)(=O)N1CCCCN2[C@@H](CO)[C@H](c3ccc(C4=CCCC4)cc3)[C@@H]2C1. The van der Waals surface area contributed by atoms with E-state index in [0.29, 0.717) is 13.1 Å². The average Bonchev–Trinajstić information content (AvgIpc) is 3.14. The highest BCUT2D eigenvalue weighted by Gasteiger charge is 2.49. The van der Waals surface area contributed by atoms with Gasteiger partial charge in [0.1, 0.15) is 0 Å². The Kier molecular flexibility index (Phi) is 5.43. The average molecular weight is 391 g/mol. The fourth-order valence-electron chi connectivity index (χ4n) is 5.06. The van der Waals surface area contributed by atoms with Gasteiger partial charge >= 0.3 is 0 Å². The van der Waals surface area contributed by atoms with Gasteiger partial charge in [-0.3, -0.25) is 4.90 Å². The van der Waals surface area contributed by atoms with E-state index >= 15 is 0 Å². The molecule has 27 heavy (non-hydrogen) atoms. The topological polar surface area (TPSA) is 60.9 Å². The summed E-state index contributed by atoms with van der Waals surface area (Å²) in [7, 11) is -3.20. The molecule has 1 aromatic carbocycles. The zero-order valence-electron chi connectivity index (χ0n) is 16.0. The Balaban J connectivity index is 1.58. The smallest absolute Gasteiger partial charge is 0.211 e. The number of aliphatic hydroxyl groups excluding tert-OH is 1. The molecule has 2 heterocycles. The second-order valence-electron chi connectivity index (χ2n) is 8.15. The first-order valence-corrected chi connectivity index (χ1v) is 11.9. The van der Waals surface area contributed by atoms with Gasteiger partial charge in [0.15, 0.2) is 0 Å². The highest BCUT2D eigenvalue weighted by Crippen LogP contribution is 2.42. The first-order chi connectivity index (χ1) is 13.0. The van der Waals surface area contributed by atoms with Crippen molar-refractivity contribution in [3.05, 3.63) is 41.5 Å². The maximum atomic E-state index is 12.2. The predicted octanol–water partition coefficient (Wildman–Crippen LogP) is 2.44. The number of rotatable bonds is 4. The van der Waals surface area contributed by atoms with Crippen molar-refractivity contribution < 1.29 is 13.5 Å². The Bertz CT molecular complexity index is 803.